The van der Waals surface area contributed by atoms with Crippen molar-refractivity contribution in [1.29, 1.82) is 0 Å². The minimum absolute atomic E-state index is 0.0513. The van der Waals surface area contributed by atoms with Crippen LogP contribution < -0.4 is 5.32 Å². The molecule has 0 spiro atoms. The minimum atomic E-state index is -4.05. The number of thiazole rings is 1. The van der Waals surface area contributed by atoms with E-state index in [1.54, 1.807) is 16.8 Å². The van der Waals surface area contributed by atoms with Gasteiger partial charge in [0.2, 0.25) is 10.0 Å². The fraction of sp³-hybridized carbons (Fsp3) is 0.176. The zero-order chi connectivity index (χ0) is 20.6. The second-order valence-electron chi connectivity index (χ2n) is 6.17. The molecule has 9 nitrogen and oxygen atoms in total. The summed E-state index contributed by atoms with van der Waals surface area (Å²) in [6.07, 6.45) is 0.361. The van der Waals surface area contributed by atoms with Gasteiger partial charge in [0.25, 0.3) is 11.6 Å². The Balaban J connectivity index is 1.57. The van der Waals surface area contributed by atoms with Crippen LogP contribution in [0.3, 0.4) is 0 Å². The normalized spacial score (nSPS) is 14.3. The number of carbonyl (C=O) groups is 1. The first-order valence-corrected chi connectivity index (χ1v) is 11.6. The van der Waals surface area contributed by atoms with E-state index in [4.69, 9.17) is 0 Å². The molecule has 0 fully saturated rings. The van der Waals surface area contributed by atoms with Crippen molar-refractivity contribution in [3.05, 3.63) is 67.3 Å². The van der Waals surface area contributed by atoms with Crippen molar-refractivity contribution in [3.63, 3.8) is 0 Å². The molecule has 0 bridgehead atoms. The van der Waals surface area contributed by atoms with E-state index < -0.39 is 20.6 Å². The van der Waals surface area contributed by atoms with E-state index in [0.717, 1.165) is 5.69 Å². The summed E-state index contributed by atoms with van der Waals surface area (Å²) in [5, 5.41) is 17.9. The SMILES string of the molecule is O=C(Nc1nc2c(s1)CN(S(=O)(=O)c1ccccc1[N+](=O)[O-])CC2)c1ccsc1. The summed E-state index contributed by atoms with van der Waals surface area (Å²) in [5.41, 5.74) is 0.805. The molecule has 29 heavy (non-hydrogen) atoms. The number of amides is 1. The average Bonchev–Trinajstić information content (AvgIpc) is 3.36. The van der Waals surface area contributed by atoms with Crippen molar-refractivity contribution in [2.45, 2.75) is 17.9 Å². The van der Waals surface area contributed by atoms with Crippen molar-refractivity contribution in [2.24, 2.45) is 0 Å². The molecule has 150 valence electrons. The van der Waals surface area contributed by atoms with E-state index >= 15 is 0 Å². The van der Waals surface area contributed by atoms with Crippen LogP contribution >= 0.6 is 22.7 Å². The predicted molar refractivity (Wildman–Crippen MR) is 109 cm³/mol. The van der Waals surface area contributed by atoms with E-state index in [1.807, 2.05) is 0 Å². The van der Waals surface area contributed by atoms with Gasteiger partial charge in [-0.2, -0.15) is 15.6 Å². The van der Waals surface area contributed by atoms with Crippen molar-refractivity contribution < 1.29 is 18.1 Å². The van der Waals surface area contributed by atoms with Gasteiger partial charge in [-0.15, -0.1) is 11.3 Å². The second-order valence-corrected chi connectivity index (χ2v) is 9.94. The summed E-state index contributed by atoms with van der Waals surface area (Å²) in [6, 6.07) is 7.00. The fourth-order valence-electron chi connectivity index (χ4n) is 2.96. The van der Waals surface area contributed by atoms with Crippen LogP contribution in [0, 0.1) is 10.1 Å². The summed E-state index contributed by atoms with van der Waals surface area (Å²) in [7, 11) is -4.05. The van der Waals surface area contributed by atoms with Gasteiger partial charge in [0, 0.05) is 29.3 Å². The number of benzene rings is 1. The topological polar surface area (TPSA) is 123 Å². The first-order valence-electron chi connectivity index (χ1n) is 8.42. The van der Waals surface area contributed by atoms with Crippen LogP contribution in [0.4, 0.5) is 10.8 Å². The summed E-state index contributed by atoms with van der Waals surface area (Å²) < 4.78 is 27.2. The van der Waals surface area contributed by atoms with Crippen LogP contribution in [-0.4, -0.2) is 35.1 Å². The number of aromatic nitrogens is 1. The van der Waals surface area contributed by atoms with Crippen LogP contribution in [0.5, 0.6) is 0 Å². The van der Waals surface area contributed by atoms with E-state index in [2.05, 4.69) is 10.3 Å². The van der Waals surface area contributed by atoms with Gasteiger partial charge in [-0.1, -0.05) is 12.1 Å². The zero-order valence-corrected chi connectivity index (χ0v) is 17.2. The highest BCUT2D eigenvalue weighted by Gasteiger charge is 2.34. The number of nitrogens with zero attached hydrogens (tertiary/aromatic N) is 3. The Morgan fingerprint density at radius 2 is 2.07 bits per heavy atom. The quantitative estimate of drug-likeness (QED) is 0.471. The molecule has 0 aliphatic carbocycles. The van der Waals surface area contributed by atoms with Crippen molar-refractivity contribution >= 4 is 49.4 Å². The number of hydrogen-bond donors (Lipinski definition) is 1. The summed E-state index contributed by atoms with van der Waals surface area (Å²) in [6.45, 7) is 0.207. The number of fused-ring (bicyclic) bond motifs is 1. The number of thiophene rings is 1. The third-order valence-electron chi connectivity index (χ3n) is 4.38. The van der Waals surface area contributed by atoms with Crippen LogP contribution in [0.2, 0.25) is 0 Å². The van der Waals surface area contributed by atoms with Gasteiger partial charge in [-0.25, -0.2) is 13.4 Å². The molecule has 4 rings (SSSR count). The molecule has 1 N–H and O–H groups in total. The number of para-hydroxylation sites is 1. The number of anilines is 1. The third-order valence-corrected chi connectivity index (χ3v) is 7.95. The third kappa shape index (κ3) is 3.79. The van der Waals surface area contributed by atoms with Crippen LogP contribution in [0.25, 0.3) is 0 Å². The first-order chi connectivity index (χ1) is 13.9. The Morgan fingerprint density at radius 3 is 2.79 bits per heavy atom. The van der Waals surface area contributed by atoms with Gasteiger partial charge in [0.1, 0.15) is 0 Å². The molecule has 0 unspecified atom stereocenters. The molecule has 3 aromatic rings. The van der Waals surface area contributed by atoms with Gasteiger partial charge in [0.05, 0.1) is 22.7 Å². The maximum Gasteiger partial charge on any atom is 0.289 e. The molecule has 12 heteroatoms. The number of rotatable bonds is 5. The Morgan fingerprint density at radius 1 is 1.28 bits per heavy atom. The highest BCUT2D eigenvalue weighted by atomic mass is 32.2. The Kier molecular flexibility index (Phi) is 5.17. The molecule has 1 amide bonds. The number of nitro groups is 1. The van der Waals surface area contributed by atoms with E-state index in [1.165, 1.54) is 51.2 Å². The van der Waals surface area contributed by atoms with Gasteiger partial charge in [-0.3, -0.25) is 20.2 Å². The second kappa shape index (κ2) is 7.63. The summed E-state index contributed by atoms with van der Waals surface area (Å²) in [5.74, 6) is -0.276. The molecule has 1 aromatic carbocycles. The number of carbonyl (C=O) groups excluding carboxylic acids is 1. The van der Waals surface area contributed by atoms with Gasteiger partial charge in [0.15, 0.2) is 10.0 Å². The van der Waals surface area contributed by atoms with Gasteiger partial charge < -0.3 is 0 Å². The molecule has 1 aliphatic rings. The summed E-state index contributed by atoms with van der Waals surface area (Å²) in [4.78, 5) is 27.5. The lowest BCUT2D eigenvalue weighted by molar-refractivity contribution is -0.387. The predicted octanol–water partition coefficient (Wildman–Crippen LogP) is 3.11. The summed E-state index contributed by atoms with van der Waals surface area (Å²) >= 11 is 2.62. The fourth-order valence-corrected chi connectivity index (χ4v) is 6.26. The van der Waals surface area contributed by atoms with Crippen LogP contribution in [0.15, 0.2) is 46.0 Å². The van der Waals surface area contributed by atoms with Gasteiger partial charge >= 0.3 is 0 Å². The Bertz CT molecular complexity index is 1190. The average molecular weight is 451 g/mol. The molecular formula is C17H14N4O5S3. The standard InChI is InChI=1S/C17H14N4O5S3/c22-16(11-6-8-27-10-11)19-17-18-12-5-7-20(9-14(12)28-17)29(25,26)15-4-2-1-3-13(15)21(23)24/h1-4,6,8,10H,5,7,9H2,(H,18,19,22). The molecule has 0 saturated heterocycles. The minimum Gasteiger partial charge on any atom is -0.298 e. The van der Waals surface area contributed by atoms with Crippen molar-refractivity contribution in [1.82, 2.24) is 9.29 Å². The molecular weight excluding hydrogens is 436 g/mol. The van der Waals surface area contributed by atoms with E-state index in [9.17, 15) is 23.3 Å². The van der Waals surface area contributed by atoms with Crippen molar-refractivity contribution in [3.8, 4) is 0 Å². The van der Waals surface area contributed by atoms with E-state index in [0.29, 0.717) is 22.0 Å². The highest BCUT2D eigenvalue weighted by molar-refractivity contribution is 7.89. The zero-order valence-electron chi connectivity index (χ0n) is 14.8. The molecule has 1 aliphatic heterocycles. The molecule has 2 aromatic heterocycles. The molecule has 3 heterocycles. The van der Waals surface area contributed by atoms with E-state index in [-0.39, 0.29) is 23.9 Å². The lowest BCUT2D eigenvalue weighted by Crippen LogP contribution is -2.35. The number of hydrogen-bond acceptors (Lipinski definition) is 8. The monoisotopic (exact) mass is 450 g/mol. The Hall–Kier alpha value is -2.67. The van der Waals surface area contributed by atoms with Gasteiger partial charge in [-0.05, 0) is 17.5 Å². The maximum absolute atomic E-state index is 13.0. The molecule has 0 saturated carbocycles. The lowest BCUT2D eigenvalue weighted by Gasteiger charge is -2.25. The highest BCUT2D eigenvalue weighted by Crippen LogP contribution is 2.33. The first kappa shape index (κ1) is 19.6. The Labute approximate surface area is 173 Å². The number of nitrogens with one attached hydrogen (secondary N) is 1. The van der Waals surface area contributed by atoms with Crippen LogP contribution in [0.1, 0.15) is 20.9 Å². The maximum atomic E-state index is 13.0. The largest absolute Gasteiger partial charge is 0.298 e. The smallest absolute Gasteiger partial charge is 0.289 e. The van der Waals surface area contributed by atoms with Crippen molar-refractivity contribution in [2.75, 3.05) is 11.9 Å². The number of nitro benzene ring substituents is 1. The lowest BCUT2D eigenvalue weighted by atomic mass is 10.2. The molecule has 0 radical (unpaired) electrons. The van der Waals surface area contributed by atoms with Crippen LogP contribution in [-0.2, 0) is 23.0 Å². The molecule has 0 atom stereocenters. The number of sulfonamides is 1.